The summed E-state index contributed by atoms with van der Waals surface area (Å²) in [5.74, 6) is -0.637. The number of carbonyl (C=O) groups is 1. The number of nitrogens with zero attached hydrogens (tertiary/aromatic N) is 1. The Labute approximate surface area is 76.5 Å². The van der Waals surface area contributed by atoms with Crippen LogP contribution in [0.15, 0.2) is 12.7 Å². The Morgan fingerprint density at radius 3 is 2.62 bits per heavy atom. The molecule has 0 saturated heterocycles. The van der Waals surface area contributed by atoms with Crippen molar-refractivity contribution in [3.8, 4) is 0 Å². The smallest absolute Gasteiger partial charge is 0.330 e. The van der Waals surface area contributed by atoms with Gasteiger partial charge in [0.15, 0.2) is 6.61 Å². The average molecular weight is 187 g/mol. The molecule has 0 N–H and O–H groups in total. The lowest BCUT2D eigenvalue weighted by molar-refractivity contribution is -0.568. The normalized spacial score (nSPS) is 14.3. The summed E-state index contributed by atoms with van der Waals surface area (Å²) in [5, 5.41) is 10.5. The van der Waals surface area contributed by atoms with Gasteiger partial charge in [-0.05, 0) is 0 Å². The molecule has 0 aliphatic rings. The molecule has 0 rings (SSSR count). The van der Waals surface area contributed by atoms with Crippen LogP contribution in [-0.2, 0) is 9.53 Å². The first-order valence-electron chi connectivity index (χ1n) is 3.90. The second-order valence-electron chi connectivity index (χ2n) is 2.92. The minimum atomic E-state index is -1.20. The highest BCUT2D eigenvalue weighted by Crippen LogP contribution is 2.14. The van der Waals surface area contributed by atoms with Crippen molar-refractivity contribution in [1.29, 1.82) is 0 Å². The highest BCUT2D eigenvalue weighted by Gasteiger charge is 2.36. The van der Waals surface area contributed by atoms with E-state index in [0.29, 0.717) is 6.42 Å². The molecule has 0 amide bonds. The Hall–Kier alpha value is -1.39. The van der Waals surface area contributed by atoms with Crippen LogP contribution in [0.1, 0.15) is 20.3 Å². The van der Waals surface area contributed by atoms with Crippen LogP contribution >= 0.6 is 0 Å². The van der Waals surface area contributed by atoms with E-state index in [0.717, 1.165) is 6.08 Å². The Morgan fingerprint density at radius 1 is 1.77 bits per heavy atom. The first kappa shape index (κ1) is 11.6. The Kier molecular flexibility index (Phi) is 4.10. The lowest BCUT2D eigenvalue weighted by Crippen LogP contribution is -2.39. The SMILES string of the molecule is C=CC(=O)OCC(C)(CC)[N+](=O)[O-]. The zero-order valence-corrected chi connectivity index (χ0v) is 7.78. The summed E-state index contributed by atoms with van der Waals surface area (Å²) in [6.07, 6.45) is 1.29. The highest BCUT2D eigenvalue weighted by molar-refractivity contribution is 5.81. The van der Waals surface area contributed by atoms with Gasteiger partial charge >= 0.3 is 5.97 Å². The van der Waals surface area contributed by atoms with Gasteiger partial charge in [-0.2, -0.15) is 0 Å². The molecule has 13 heavy (non-hydrogen) atoms. The lowest BCUT2D eigenvalue weighted by Gasteiger charge is -2.17. The third-order valence-corrected chi connectivity index (χ3v) is 1.89. The number of esters is 1. The molecule has 0 spiro atoms. The molecule has 0 aromatic heterocycles. The van der Waals surface area contributed by atoms with Crippen LogP contribution in [0.5, 0.6) is 0 Å². The van der Waals surface area contributed by atoms with E-state index in [9.17, 15) is 14.9 Å². The number of ether oxygens (including phenoxy) is 1. The maximum Gasteiger partial charge on any atom is 0.330 e. The second-order valence-corrected chi connectivity index (χ2v) is 2.92. The van der Waals surface area contributed by atoms with Crippen molar-refractivity contribution in [2.45, 2.75) is 25.8 Å². The summed E-state index contributed by atoms with van der Waals surface area (Å²) in [7, 11) is 0. The molecule has 0 aromatic carbocycles. The maximum atomic E-state index is 10.6. The van der Waals surface area contributed by atoms with Gasteiger partial charge < -0.3 is 4.74 Å². The molecule has 5 nitrogen and oxygen atoms in total. The molecule has 0 heterocycles. The molecule has 74 valence electrons. The van der Waals surface area contributed by atoms with Gasteiger partial charge in [0.1, 0.15) is 0 Å². The molecular formula is C8H13NO4. The van der Waals surface area contributed by atoms with Crippen LogP contribution in [-0.4, -0.2) is 23.0 Å². The topological polar surface area (TPSA) is 69.4 Å². The van der Waals surface area contributed by atoms with Gasteiger partial charge in [0, 0.05) is 24.3 Å². The van der Waals surface area contributed by atoms with Crippen molar-refractivity contribution in [3.05, 3.63) is 22.8 Å². The fourth-order valence-corrected chi connectivity index (χ4v) is 0.569. The molecule has 0 aromatic rings. The first-order valence-corrected chi connectivity index (χ1v) is 3.90. The zero-order chi connectivity index (χ0) is 10.5. The molecule has 0 radical (unpaired) electrons. The van der Waals surface area contributed by atoms with E-state index in [1.165, 1.54) is 6.92 Å². The number of carbonyl (C=O) groups excluding carboxylic acids is 1. The maximum absolute atomic E-state index is 10.6. The summed E-state index contributed by atoms with van der Waals surface area (Å²) in [5.41, 5.74) is -1.20. The predicted molar refractivity (Wildman–Crippen MR) is 46.8 cm³/mol. The first-order chi connectivity index (χ1) is 5.96. The van der Waals surface area contributed by atoms with Crippen molar-refractivity contribution in [3.63, 3.8) is 0 Å². The molecule has 0 aliphatic carbocycles. The summed E-state index contributed by atoms with van der Waals surface area (Å²) in [6, 6.07) is 0. The largest absolute Gasteiger partial charge is 0.455 e. The summed E-state index contributed by atoms with van der Waals surface area (Å²) < 4.78 is 4.61. The lowest BCUT2D eigenvalue weighted by atomic mass is 10.0. The highest BCUT2D eigenvalue weighted by atomic mass is 16.6. The third kappa shape index (κ3) is 3.23. The fraction of sp³-hybridized carbons (Fsp3) is 0.625. The quantitative estimate of drug-likeness (QED) is 0.280. The van der Waals surface area contributed by atoms with E-state index < -0.39 is 16.4 Å². The van der Waals surface area contributed by atoms with E-state index in [1.54, 1.807) is 6.92 Å². The summed E-state index contributed by atoms with van der Waals surface area (Å²) >= 11 is 0. The van der Waals surface area contributed by atoms with Crippen molar-refractivity contribution < 1.29 is 14.5 Å². The average Bonchev–Trinajstić information content (AvgIpc) is 2.13. The van der Waals surface area contributed by atoms with Gasteiger partial charge in [0.05, 0.1) is 0 Å². The van der Waals surface area contributed by atoms with Crippen molar-refractivity contribution in [1.82, 2.24) is 0 Å². The minimum absolute atomic E-state index is 0.221. The van der Waals surface area contributed by atoms with Gasteiger partial charge in [-0.15, -0.1) is 0 Å². The number of rotatable bonds is 5. The molecule has 0 saturated carbocycles. The molecule has 0 bridgehead atoms. The van der Waals surface area contributed by atoms with E-state index in [-0.39, 0.29) is 6.61 Å². The van der Waals surface area contributed by atoms with Crippen molar-refractivity contribution in [2.24, 2.45) is 0 Å². The van der Waals surface area contributed by atoms with Crippen LogP contribution in [0.4, 0.5) is 0 Å². The van der Waals surface area contributed by atoms with E-state index in [2.05, 4.69) is 11.3 Å². The van der Waals surface area contributed by atoms with Crippen molar-refractivity contribution in [2.75, 3.05) is 6.61 Å². The molecular weight excluding hydrogens is 174 g/mol. The van der Waals surface area contributed by atoms with Crippen molar-refractivity contribution >= 4 is 5.97 Å². The Bertz CT molecular complexity index is 226. The number of nitro groups is 1. The number of hydrogen-bond acceptors (Lipinski definition) is 4. The van der Waals surface area contributed by atoms with E-state index in [4.69, 9.17) is 0 Å². The molecule has 0 aliphatic heterocycles. The van der Waals surface area contributed by atoms with Crippen LogP contribution < -0.4 is 0 Å². The molecule has 0 fully saturated rings. The van der Waals surface area contributed by atoms with Crippen LogP contribution in [0, 0.1) is 10.1 Å². The monoisotopic (exact) mass is 187 g/mol. The Balaban J connectivity index is 4.21. The fourth-order valence-electron chi connectivity index (χ4n) is 0.569. The predicted octanol–water partition coefficient (Wildman–Crippen LogP) is 1.16. The van der Waals surface area contributed by atoms with Crippen LogP contribution in [0.3, 0.4) is 0 Å². The number of hydrogen-bond donors (Lipinski definition) is 0. The van der Waals surface area contributed by atoms with Crippen LogP contribution in [0.25, 0.3) is 0 Å². The zero-order valence-electron chi connectivity index (χ0n) is 7.78. The summed E-state index contributed by atoms with van der Waals surface area (Å²) in [4.78, 5) is 20.7. The molecule has 1 atom stereocenters. The van der Waals surface area contributed by atoms with Crippen LogP contribution in [0.2, 0.25) is 0 Å². The van der Waals surface area contributed by atoms with Gasteiger partial charge in [0.2, 0.25) is 0 Å². The standard InChI is InChI=1S/C8H13NO4/c1-4-7(10)13-6-8(3,5-2)9(11)12/h4H,1,5-6H2,2-3H3. The third-order valence-electron chi connectivity index (χ3n) is 1.89. The molecule has 5 heteroatoms. The Morgan fingerprint density at radius 2 is 2.31 bits per heavy atom. The van der Waals surface area contributed by atoms with Gasteiger partial charge in [0.25, 0.3) is 5.54 Å². The van der Waals surface area contributed by atoms with Gasteiger partial charge in [-0.3, -0.25) is 10.1 Å². The molecule has 1 unspecified atom stereocenters. The second kappa shape index (κ2) is 4.59. The van der Waals surface area contributed by atoms with E-state index >= 15 is 0 Å². The summed E-state index contributed by atoms with van der Waals surface area (Å²) in [6.45, 7) is 6.07. The van der Waals surface area contributed by atoms with E-state index in [1.807, 2.05) is 0 Å². The minimum Gasteiger partial charge on any atom is -0.455 e. The van der Waals surface area contributed by atoms with Gasteiger partial charge in [-0.25, -0.2) is 4.79 Å². The van der Waals surface area contributed by atoms with Gasteiger partial charge in [-0.1, -0.05) is 13.5 Å².